The van der Waals surface area contributed by atoms with Crippen LogP contribution in [-0.4, -0.2) is 6.66 Å². The Kier molecular flexibility index (Phi) is 6.97. The van der Waals surface area contributed by atoms with Crippen molar-refractivity contribution in [2.45, 2.75) is 0 Å². The summed E-state index contributed by atoms with van der Waals surface area (Å²) in [6, 6.07) is 0. The van der Waals surface area contributed by atoms with Crippen LogP contribution in [0, 0.1) is 0 Å². The van der Waals surface area contributed by atoms with Crippen LogP contribution in [0.4, 0.5) is 0 Å². The largest absolute Gasteiger partial charge is 1.00 e. The first-order valence-electron chi connectivity index (χ1n) is 2.45. The van der Waals surface area contributed by atoms with E-state index in [1.54, 1.807) is 0 Å². The van der Waals surface area contributed by atoms with Crippen LogP contribution in [-0.2, 0) is 0 Å². The van der Waals surface area contributed by atoms with E-state index >= 15 is 0 Å². The molecule has 0 aromatic carbocycles. The summed E-state index contributed by atoms with van der Waals surface area (Å²) in [6.45, 7) is 13.2. The fourth-order valence-corrected chi connectivity index (χ4v) is 0.671. The lowest BCUT2D eigenvalue weighted by Crippen LogP contribution is -3.00. The van der Waals surface area contributed by atoms with Crippen molar-refractivity contribution < 1.29 is 24.0 Å². The minimum atomic E-state index is -1.12. The second kappa shape index (κ2) is 5.19. The molecule has 0 aliphatic rings. The lowest BCUT2D eigenvalue weighted by Gasteiger charge is -2.03. The molecular weight excluding hydrogens is 242 g/mol. The van der Waals surface area contributed by atoms with Crippen molar-refractivity contribution in [1.82, 2.24) is 0 Å². The van der Waals surface area contributed by atoms with E-state index in [0.717, 1.165) is 0 Å². The number of hydrogen-bond acceptors (Lipinski definition) is 0. The molecule has 0 atom stereocenters. The van der Waals surface area contributed by atoms with Crippen LogP contribution in [0.15, 0.2) is 37.2 Å². The molecule has 0 saturated heterocycles. The third-order valence-corrected chi connectivity index (χ3v) is 3.54. The molecule has 0 aliphatic heterocycles. The van der Waals surface area contributed by atoms with Crippen molar-refractivity contribution in [3.8, 4) is 0 Å². The van der Waals surface area contributed by atoms with E-state index in [1.807, 2.05) is 17.5 Å². The van der Waals surface area contributed by atoms with Crippen LogP contribution in [0.2, 0.25) is 0 Å². The molecule has 0 aromatic heterocycles. The summed E-state index contributed by atoms with van der Waals surface area (Å²) >= 11 is 0. The Balaban J connectivity index is 0. The van der Waals surface area contributed by atoms with Crippen LogP contribution in [0.25, 0.3) is 0 Å². The van der Waals surface area contributed by atoms with Gasteiger partial charge in [0.05, 0.1) is 31.4 Å². The zero-order chi connectivity index (χ0) is 6.62. The second-order valence-corrected chi connectivity index (χ2v) is 5.31. The van der Waals surface area contributed by atoms with Gasteiger partial charge >= 0.3 is 0 Å². The molecule has 0 aromatic rings. The van der Waals surface area contributed by atoms with E-state index in [-0.39, 0.29) is 24.0 Å². The second-order valence-electron chi connectivity index (χ2n) is 1.77. The van der Waals surface area contributed by atoms with Crippen molar-refractivity contribution in [2.75, 3.05) is 6.66 Å². The summed E-state index contributed by atoms with van der Waals surface area (Å²) in [5.41, 5.74) is 0. The van der Waals surface area contributed by atoms with Gasteiger partial charge < -0.3 is 24.0 Å². The van der Waals surface area contributed by atoms with Gasteiger partial charge in [0.15, 0.2) is 0 Å². The van der Waals surface area contributed by atoms with Gasteiger partial charge in [-0.05, 0) is 0 Å². The highest BCUT2D eigenvalue weighted by molar-refractivity contribution is 7.83. The molecule has 0 amide bonds. The normalized spacial score (nSPS) is 9.00. The molecule has 52 valence electrons. The molecular formula is C7H12IP. The van der Waals surface area contributed by atoms with Gasteiger partial charge in [0.25, 0.3) is 0 Å². The Bertz CT molecular complexity index is 96.3. The van der Waals surface area contributed by atoms with Crippen molar-refractivity contribution in [2.24, 2.45) is 0 Å². The Morgan fingerprint density at radius 1 is 1.00 bits per heavy atom. The smallest absolute Gasteiger partial charge is 0.0843 e. The quantitative estimate of drug-likeness (QED) is 0.494. The van der Waals surface area contributed by atoms with Crippen LogP contribution in [0.3, 0.4) is 0 Å². The van der Waals surface area contributed by atoms with Crippen molar-refractivity contribution in [3.63, 3.8) is 0 Å². The summed E-state index contributed by atoms with van der Waals surface area (Å²) in [5, 5.41) is 0. The molecule has 0 rings (SSSR count). The lowest BCUT2D eigenvalue weighted by molar-refractivity contribution is -0.00000178. The number of rotatable bonds is 3. The summed E-state index contributed by atoms with van der Waals surface area (Å²) in [5.74, 6) is 5.77. The third kappa shape index (κ3) is 3.88. The van der Waals surface area contributed by atoms with E-state index in [2.05, 4.69) is 26.4 Å². The van der Waals surface area contributed by atoms with E-state index < -0.39 is 7.26 Å². The first-order valence-corrected chi connectivity index (χ1v) is 4.89. The van der Waals surface area contributed by atoms with Crippen molar-refractivity contribution in [3.05, 3.63) is 37.2 Å². The van der Waals surface area contributed by atoms with Gasteiger partial charge in [-0.1, -0.05) is 19.7 Å². The van der Waals surface area contributed by atoms with Gasteiger partial charge in [-0.2, -0.15) is 0 Å². The number of hydrogen-bond donors (Lipinski definition) is 0. The highest BCUT2D eigenvalue weighted by Gasteiger charge is 2.16. The Hall–Kier alpha value is 0.380. The van der Waals surface area contributed by atoms with E-state index in [4.69, 9.17) is 0 Å². The highest BCUT2D eigenvalue weighted by Crippen LogP contribution is 2.58. The Morgan fingerprint density at radius 3 is 1.22 bits per heavy atom. The number of halogens is 1. The lowest BCUT2D eigenvalue weighted by atomic mass is 11.2. The molecule has 0 saturated carbocycles. The van der Waals surface area contributed by atoms with Gasteiger partial charge in [0.1, 0.15) is 0 Å². The molecule has 0 fully saturated rings. The van der Waals surface area contributed by atoms with E-state index in [1.165, 1.54) is 0 Å². The van der Waals surface area contributed by atoms with Crippen LogP contribution < -0.4 is 24.0 Å². The predicted molar refractivity (Wildman–Crippen MR) is 43.4 cm³/mol. The van der Waals surface area contributed by atoms with Gasteiger partial charge in [-0.25, -0.2) is 0 Å². The molecule has 0 bridgehead atoms. The van der Waals surface area contributed by atoms with Gasteiger partial charge in [0, 0.05) is 0 Å². The molecule has 9 heavy (non-hydrogen) atoms. The van der Waals surface area contributed by atoms with Crippen LogP contribution in [0.5, 0.6) is 0 Å². The van der Waals surface area contributed by atoms with E-state index in [0.29, 0.717) is 0 Å². The SMILES string of the molecule is C=C[P+](C)(C=C)C=C.[I-]. The molecule has 2 heteroatoms. The zero-order valence-electron chi connectivity index (χ0n) is 5.68. The maximum Gasteiger partial charge on any atom is 0.0843 e. The highest BCUT2D eigenvalue weighted by atomic mass is 127. The van der Waals surface area contributed by atoms with Gasteiger partial charge in [0.2, 0.25) is 0 Å². The zero-order valence-corrected chi connectivity index (χ0v) is 8.73. The van der Waals surface area contributed by atoms with Crippen molar-refractivity contribution >= 4 is 7.26 Å². The fraction of sp³-hybridized carbons (Fsp3) is 0.143. The summed E-state index contributed by atoms with van der Waals surface area (Å²) < 4.78 is 0. The first-order chi connectivity index (χ1) is 3.68. The van der Waals surface area contributed by atoms with Crippen LogP contribution in [0.1, 0.15) is 0 Å². The minimum absolute atomic E-state index is 0. The van der Waals surface area contributed by atoms with Crippen molar-refractivity contribution in [1.29, 1.82) is 0 Å². The van der Waals surface area contributed by atoms with Crippen LogP contribution >= 0.6 is 7.26 Å². The average molecular weight is 254 g/mol. The van der Waals surface area contributed by atoms with E-state index in [9.17, 15) is 0 Å². The average Bonchev–Trinajstić information content (AvgIpc) is 1.87. The Labute approximate surface area is 75.1 Å². The fourth-order valence-electron chi connectivity index (χ4n) is 0.224. The molecule has 0 N–H and O–H groups in total. The minimum Gasteiger partial charge on any atom is -1.00 e. The van der Waals surface area contributed by atoms with Gasteiger partial charge in [-0.15, -0.1) is 0 Å². The topological polar surface area (TPSA) is 0 Å². The summed E-state index contributed by atoms with van der Waals surface area (Å²) in [7, 11) is -1.12. The molecule has 0 unspecified atom stereocenters. The molecule has 0 radical (unpaired) electrons. The molecule has 0 nitrogen and oxygen atoms in total. The third-order valence-electron chi connectivity index (χ3n) is 1.18. The summed E-state index contributed by atoms with van der Waals surface area (Å²) in [4.78, 5) is 0. The molecule has 0 aliphatic carbocycles. The van der Waals surface area contributed by atoms with Gasteiger partial charge in [-0.3, -0.25) is 0 Å². The summed E-state index contributed by atoms with van der Waals surface area (Å²) in [6.07, 6.45) is 0. The molecule has 0 heterocycles. The maximum absolute atomic E-state index is 3.68. The maximum atomic E-state index is 3.68. The molecule has 0 spiro atoms. The first kappa shape index (κ1) is 12.1. The standard InChI is InChI=1S/C7H12P.HI/c1-5-8(4,6-2)7-3;/h5-7H,1-3H2,4H3;1H/q+1;/p-1. The Morgan fingerprint density at radius 2 is 1.22 bits per heavy atom. The monoisotopic (exact) mass is 254 g/mol. The predicted octanol–water partition coefficient (Wildman–Crippen LogP) is 0.0683.